The van der Waals surface area contributed by atoms with Crippen molar-refractivity contribution < 1.29 is 29.3 Å². The number of ether oxygens (including phenoxy) is 2. The molecule has 3 unspecified atom stereocenters. The van der Waals surface area contributed by atoms with Gasteiger partial charge in [0.1, 0.15) is 0 Å². The van der Waals surface area contributed by atoms with Crippen molar-refractivity contribution in [2.45, 2.75) is 88.6 Å². The summed E-state index contributed by atoms with van der Waals surface area (Å²) in [6, 6.07) is 39.0. The largest absolute Gasteiger partial charge is 0.397 e. The number of piperidine rings is 1. The molecule has 2 aliphatic heterocycles. The smallest absolute Gasteiger partial charge is 0.224 e. The van der Waals surface area contributed by atoms with Crippen molar-refractivity contribution in [2.75, 3.05) is 30.7 Å². The molecule has 0 radical (unpaired) electrons. The number of nitrogen functional groups attached to an aromatic ring is 1. The summed E-state index contributed by atoms with van der Waals surface area (Å²) < 4.78 is 13.4. The molecule has 2 fully saturated rings. The standard InChI is InChI=1S/C49H55ClN4O6/c50-41-22-20-40(21-23-41)49(58)24-26-54(27-25-49)32-42-30-45(36-18-16-34(33-55)17-19-36)60-48(59-42)39-11-7-10-38(29-39)37-9-6-8-35(28-37)31-52-46(56)14-2-1-3-15-47(57)53-44-13-5-4-12-43(44)51/h4-13,16-23,28-29,42,45,48,55,58H,1-3,14-15,24-27,30-33,51H2,(H,52,56)(H,53,57). The van der Waals surface area contributed by atoms with Crippen LogP contribution in [0.5, 0.6) is 0 Å². The maximum atomic E-state index is 12.7. The minimum atomic E-state index is -0.887. The molecular formula is C49H55ClN4O6. The van der Waals surface area contributed by atoms with E-state index in [1.807, 2.05) is 84.9 Å². The fraction of sp³-hybridized carbons (Fsp3) is 0.347. The lowest BCUT2D eigenvalue weighted by Crippen LogP contribution is -2.46. The Hall–Kier alpha value is -5.07. The average molecular weight is 831 g/mol. The van der Waals surface area contributed by atoms with Crippen LogP contribution in [-0.2, 0) is 37.8 Å². The number of amides is 2. The van der Waals surface area contributed by atoms with Gasteiger partial charge < -0.3 is 41.0 Å². The Morgan fingerprint density at radius 1 is 0.767 bits per heavy atom. The van der Waals surface area contributed by atoms with Crippen LogP contribution in [0.4, 0.5) is 11.4 Å². The van der Waals surface area contributed by atoms with E-state index in [1.165, 1.54) is 0 Å². The Morgan fingerprint density at radius 3 is 2.20 bits per heavy atom. The topological polar surface area (TPSA) is 146 Å². The monoisotopic (exact) mass is 830 g/mol. The summed E-state index contributed by atoms with van der Waals surface area (Å²) in [4.78, 5) is 27.4. The average Bonchev–Trinajstić information content (AvgIpc) is 3.27. The van der Waals surface area contributed by atoms with Crippen LogP contribution in [0, 0.1) is 0 Å². The van der Waals surface area contributed by atoms with E-state index in [-0.39, 0.29) is 30.6 Å². The highest BCUT2D eigenvalue weighted by atomic mass is 35.5. The van der Waals surface area contributed by atoms with Crippen molar-refractivity contribution >= 4 is 34.8 Å². The maximum Gasteiger partial charge on any atom is 0.224 e. The number of benzene rings is 5. The quantitative estimate of drug-likeness (QED) is 0.0490. The van der Waals surface area contributed by atoms with E-state index < -0.39 is 11.9 Å². The fourth-order valence-electron chi connectivity index (χ4n) is 8.06. The second kappa shape index (κ2) is 20.5. The van der Waals surface area contributed by atoms with Gasteiger partial charge in [-0.05, 0) is 95.5 Å². The Kier molecular flexibility index (Phi) is 14.7. The molecule has 314 valence electrons. The van der Waals surface area contributed by atoms with Crippen LogP contribution < -0.4 is 16.4 Å². The predicted octanol–water partition coefficient (Wildman–Crippen LogP) is 8.82. The number of likely N-dealkylation sites (tertiary alicyclic amines) is 1. The molecule has 0 bridgehead atoms. The molecule has 60 heavy (non-hydrogen) atoms. The molecule has 0 spiro atoms. The number of rotatable bonds is 16. The first-order valence-electron chi connectivity index (χ1n) is 21.0. The van der Waals surface area contributed by atoms with E-state index in [4.69, 9.17) is 26.8 Å². The zero-order valence-corrected chi connectivity index (χ0v) is 34.7. The van der Waals surface area contributed by atoms with Gasteiger partial charge in [0.05, 0.1) is 35.8 Å². The van der Waals surface area contributed by atoms with Gasteiger partial charge >= 0.3 is 0 Å². The summed E-state index contributed by atoms with van der Waals surface area (Å²) in [6.45, 7) is 2.57. The van der Waals surface area contributed by atoms with Crippen LogP contribution >= 0.6 is 11.6 Å². The Bertz CT molecular complexity index is 2190. The molecule has 0 aromatic heterocycles. The Balaban J connectivity index is 0.942. The van der Waals surface area contributed by atoms with Gasteiger partial charge in [-0.1, -0.05) is 103 Å². The molecule has 2 amide bonds. The van der Waals surface area contributed by atoms with Crippen LogP contribution in [0.15, 0.2) is 121 Å². The molecule has 2 aliphatic rings. The molecule has 0 aliphatic carbocycles. The van der Waals surface area contributed by atoms with Crippen LogP contribution in [0.2, 0.25) is 5.02 Å². The number of aliphatic hydroxyl groups excluding tert-OH is 1. The number of aliphatic hydroxyl groups is 2. The number of nitrogens with two attached hydrogens (primary N) is 1. The van der Waals surface area contributed by atoms with Crippen LogP contribution in [0.25, 0.3) is 11.1 Å². The summed E-state index contributed by atoms with van der Waals surface area (Å²) in [5.41, 5.74) is 12.9. The van der Waals surface area contributed by atoms with E-state index in [0.717, 1.165) is 58.5 Å². The lowest BCUT2D eigenvalue weighted by Gasteiger charge is -2.42. The molecule has 10 nitrogen and oxygen atoms in total. The number of halogens is 1. The molecule has 2 heterocycles. The summed E-state index contributed by atoms with van der Waals surface area (Å²) >= 11 is 6.12. The number of hydrogen-bond acceptors (Lipinski definition) is 8. The third kappa shape index (κ3) is 11.6. The summed E-state index contributed by atoms with van der Waals surface area (Å²) in [7, 11) is 0. The molecule has 2 saturated heterocycles. The number of carbonyl (C=O) groups is 2. The van der Waals surface area contributed by atoms with E-state index in [2.05, 4.69) is 39.8 Å². The Labute approximate surface area is 357 Å². The number of carbonyl (C=O) groups excluding carboxylic acids is 2. The zero-order chi connectivity index (χ0) is 41.9. The molecule has 0 saturated carbocycles. The van der Waals surface area contributed by atoms with Crippen molar-refractivity contribution in [1.29, 1.82) is 0 Å². The van der Waals surface area contributed by atoms with E-state index in [1.54, 1.807) is 12.1 Å². The van der Waals surface area contributed by atoms with Crippen molar-refractivity contribution in [3.63, 3.8) is 0 Å². The van der Waals surface area contributed by atoms with Gasteiger partial charge in [0.25, 0.3) is 0 Å². The molecule has 11 heteroatoms. The van der Waals surface area contributed by atoms with Gasteiger partial charge in [0.2, 0.25) is 11.8 Å². The van der Waals surface area contributed by atoms with E-state index in [9.17, 15) is 19.8 Å². The minimum absolute atomic E-state index is 0.0204. The highest BCUT2D eigenvalue weighted by Gasteiger charge is 2.37. The van der Waals surface area contributed by atoms with E-state index in [0.29, 0.717) is 74.4 Å². The molecule has 5 aromatic carbocycles. The van der Waals surface area contributed by atoms with Gasteiger partial charge in [-0.2, -0.15) is 0 Å². The molecular weight excluding hydrogens is 776 g/mol. The van der Waals surface area contributed by atoms with Gasteiger partial charge in [0.15, 0.2) is 6.29 Å². The first-order chi connectivity index (χ1) is 29.1. The summed E-state index contributed by atoms with van der Waals surface area (Å²) in [6.07, 6.45) is 3.89. The van der Waals surface area contributed by atoms with Crippen molar-refractivity contribution in [3.05, 3.63) is 154 Å². The number of nitrogens with one attached hydrogen (secondary N) is 2. The number of hydrogen-bond donors (Lipinski definition) is 5. The molecule has 3 atom stereocenters. The van der Waals surface area contributed by atoms with Crippen molar-refractivity contribution in [2.24, 2.45) is 0 Å². The Morgan fingerprint density at radius 2 is 1.47 bits per heavy atom. The predicted molar refractivity (Wildman–Crippen MR) is 236 cm³/mol. The lowest BCUT2D eigenvalue weighted by molar-refractivity contribution is -0.253. The van der Waals surface area contributed by atoms with Crippen LogP contribution in [0.3, 0.4) is 0 Å². The second-order valence-electron chi connectivity index (χ2n) is 16.0. The maximum absolute atomic E-state index is 12.7. The van der Waals surface area contributed by atoms with Crippen LogP contribution in [0.1, 0.15) is 91.6 Å². The van der Waals surface area contributed by atoms with Crippen molar-refractivity contribution in [3.8, 4) is 11.1 Å². The molecule has 5 aromatic rings. The normalized spacial score (nSPS) is 19.1. The molecule has 6 N–H and O–H groups in total. The third-order valence-electron chi connectivity index (χ3n) is 11.6. The first-order valence-corrected chi connectivity index (χ1v) is 21.3. The number of nitrogens with zero attached hydrogens (tertiary/aromatic N) is 1. The third-order valence-corrected chi connectivity index (χ3v) is 11.8. The molecule has 7 rings (SSSR count). The SMILES string of the molecule is Nc1ccccc1NC(=O)CCCCCC(=O)NCc1cccc(-c2cccc(C3OC(CN4CCC(O)(c5ccc(Cl)cc5)CC4)CC(c4ccc(CO)cc4)O3)c2)c1. The van der Waals surface area contributed by atoms with Crippen molar-refractivity contribution in [1.82, 2.24) is 10.2 Å². The van der Waals surface area contributed by atoms with Gasteiger partial charge in [-0.15, -0.1) is 0 Å². The number of anilines is 2. The summed E-state index contributed by atoms with van der Waals surface area (Å²) in [5.74, 6) is -0.104. The highest BCUT2D eigenvalue weighted by Crippen LogP contribution is 2.40. The number of para-hydroxylation sites is 2. The van der Waals surface area contributed by atoms with E-state index >= 15 is 0 Å². The lowest BCUT2D eigenvalue weighted by atomic mass is 9.84. The second-order valence-corrected chi connectivity index (χ2v) is 16.4. The van der Waals surface area contributed by atoms with Crippen LogP contribution in [-0.4, -0.2) is 52.7 Å². The zero-order valence-electron chi connectivity index (χ0n) is 33.9. The minimum Gasteiger partial charge on any atom is -0.397 e. The summed E-state index contributed by atoms with van der Waals surface area (Å²) in [5, 5.41) is 27.7. The highest BCUT2D eigenvalue weighted by molar-refractivity contribution is 6.30. The fourth-order valence-corrected chi connectivity index (χ4v) is 8.19. The van der Waals surface area contributed by atoms with Gasteiger partial charge in [0, 0.05) is 56.0 Å². The first kappa shape index (κ1) is 43.0. The number of unbranched alkanes of at least 4 members (excludes halogenated alkanes) is 2. The van der Waals surface area contributed by atoms with Gasteiger partial charge in [-0.25, -0.2) is 0 Å². The van der Waals surface area contributed by atoms with Gasteiger partial charge in [-0.3, -0.25) is 9.59 Å².